The van der Waals surface area contributed by atoms with Gasteiger partial charge in [0.2, 0.25) is 0 Å². The Labute approximate surface area is 110 Å². The quantitative estimate of drug-likeness (QED) is 0.858. The number of hydrogen-bond donors (Lipinski definition) is 1. The van der Waals surface area contributed by atoms with Crippen LogP contribution in [0.2, 0.25) is 0 Å². The zero-order chi connectivity index (χ0) is 13.3. The lowest BCUT2D eigenvalue weighted by atomic mass is 9.69. The Morgan fingerprint density at radius 2 is 1.83 bits per heavy atom. The molecule has 1 aliphatic rings. The molecule has 0 radical (unpaired) electrons. The number of hydrogen-bond acceptors (Lipinski definition) is 3. The van der Waals surface area contributed by atoms with Gasteiger partial charge in [0, 0.05) is 11.5 Å². The number of nitrogen functional groups attached to an aromatic ring is 1. The van der Waals surface area contributed by atoms with E-state index in [1.807, 2.05) is 0 Å². The molecular weight excluding hydrogens is 224 g/mol. The normalized spacial score (nSPS) is 25.3. The molecule has 2 N–H and O–H groups in total. The molecule has 0 spiro atoms. The number of nitrogens with two attached hydrogens (primary N) is 1. The van der Waals surface area contributed by atoms with Gasteiger partial charge in [-0.1, -0.05) is 32.9 Å². The third-order valence-electron chi connectivity index (χ3n) is 4.53. The molecule has 1 saturated carbocycles. The van der Waals surface area contributed by atoms with Crippen LogP contribution in [0.15, 0.2) is 4.52 Å². The van der Waals surface area contributed by atoms with Gasteiger partial charge in [0.25, 0.3) is 0 Å². The first-order chi connectivity index (χ1) is 8.43. The number of rotatable bonds is 2. The van der Waals surface area contributed by atoms with Crippen molar-refractivity contribution >= 4 is 5.82 Å². The fourth-order valence-corrected chi connectivity index (χ4v) is 3.23. The van der Waals surface area contributed by atoms with Crippen LogP contribution in [0.5, 0.6) is 0 Å². The van der Waals surface area contributed by atoms with Crippen LogP contribution in [0.1, 0.15) is 70.6 Å². The highest BCUT2D eigenvalue weighted by Gasteiger charge is 2.32. The highest BCUT2D eigenvalue weighted by Crippen LogP contribution is 2.44. The van der Waals surface area contributed by atoms with Crippen molar-refractivity contribution in [1.82, 2.24) is 5.16 Å². The van der Waals surface area contributed by atoms with Crippen LogP contribution in [0, 0.1) is 11.3 Å². The Hall–Kier alpha value is -0.990. The molecule has 1 aromatic heterocycles. The molecule has 1 aliphatic carbocycles. The summed E-state index contributed by atoms with van der Waals surface area (Å²) in [4.78, 5) is 0. The molecule has 0 saturated heterocycles. The van der Waals surface area contributed by atoms with E-state index in [2.05, 4.69) is 32.9 Å². The van der Waals surface area contributed by atoms with Crippen LogP contribution in [0.25, 0.3) is 0 Å². The fraction of sp³-hybridized carbons (Fsp3) is 0.800. The average Bonchev–Trinajstić information content (AvgIpc) is 2.69. The standard InChI is InChI=1S/C15H26N2O/c1-5-12-13(18-17-14(12)16)10-6-8-11(9-7-10)15(2,3)4/h10-11H,5-9H2,1-4H3,(H2,16,17). The summed E-state index contributed by atoms with van der Waals surface area (Å²) < 4.78 is 5.47. The van der Waals surface area contributed by atoms with E-state index in [-0.39, 0.29) is 0 Å². The SMILES string of the molecule is CCc1c(N)noc1C1CCC(C(C)(C)C)CC1. The lowest BCUT2D eigenvalue weighted by molar-refractivity contribution is 0.160. The maximum atomic E-state index is 5.85. The summed E-state index contributed by atoms with van der Waals surface area (Å²) in [6, 6.07) is 0. The maximum Gasteiger partial charge on any atom is 0.170 e. The summed E-state index contributed by atoms with van der Waals surface area (Å²) in [5.74, 6) is 3.01. The predicted molar refractivity (Wildman–Crippen MR) is 74.4 cm³/mol. The molecule has 1 aromatic rings. The highest BCUT2D eigenvalue weighted by molar-refractivity contribution is 5.41. The minimum Gasteiger partial charge on any atom is -0.381 e. The fourth-order valence-electron chi connectivity index (χ4n) is 3.23. The topological polar surface area (TPSA) is 52.0 Å². The Bertz CT molecular complexity index is 395. The molecule has 18 heavy (non-hydrogen) atoms. The molecule has 0 amide bonds. The first-order valence-electron chi connectivity index (χ1n) is 7.17. The van der Waals surface area contributed by atoms with Crippen molar-refractivity contribution in [3.05, 3.63) is 11.3 Å². The number of anilines is 1. The number of nitrogens with zero attached hydrogens (tertiary/aromatic N) is 1. The van der Waals surface area contributed by atoms with E-state index in [0.29, 0.717) is 17.2 Å². The van der Waals surface area contributed by atoms with Gasteiger partial charge in [0.15, 0.2) is 5.82 Å². The summed E-state index contributed by atoms with van der Waals surface area (Å²) >= 11 is 0. The van der Waals surface area contributed by atoms with Gasteiger partial charge < -0.3 is 10.3 Å². The lowest BCUT2D eigenvalue weighted by Gasteiger charge is -2.36. The first kappa shape index (κ1) is 13.4. The van der Waals surface area contributed by atoms with E-state index in [1.165, 1.54) is 25.7 Å². The van der Waals surface area contributed by atoms with Crippen molar-refractivity contribution in [3.8, 4) is 0 Å². The monoisotopic (exact) mass is 250 g/mol. The predicted octanol–water partition coefficient (Wildman–Crippen LogP) is 4.14. The zero-order valence-electron chi connectivity index (χ0n) is 12.1. The van der Waals surface area contributed by atoms with E-state index in [4.69, 9.17) is 10.3 Å². The van der Waals surface area contributed by atoms with Gasteiger partial charge in [0.05, 0.1) is 0 Å². The summed E-state index contributed by atoms with van der Waals surface area (Å²) in [5.41, 5.74) is 7.41. The zero-order valence-corrected chi connectivity index (χ0v) is 12.1. The summed E-state index contributed by atoms with van der Waals surface area (Å²) in [7, 11) is 0. The molecule has 0 aliphatic heterocycles. The van der Waals surface area contributed by atoms with Crippen molar-refractivity contribution in [1.29, 1.82) is 0 Å². The van der Waals surface area contributed by atoms with Crippen LogP contribution in [0.4, 0.5) is 5.82 Å². The Morgan fingerprint density at radius 1 is 1.22 bits per heavy atom. The second-order valence-electron chi connectivity index (χ2n) is 6.68. The smallest absolute Gasteiger partial charge is 0.170 e. The Morgan fingerprint density at radius 3 is 2.33 bits per heavy atom. The second kappa shape index (κ2) is 4.94. The second-order valence-corrected chi connectivity index (χ2v) is 6.68. The molecule has 0 bridgehead atoms. The minimum atomic E-state index is 0.430. The summed E-state index contributed by atoms with van der Waals surface area (Å²) in [5, 5.41) is 3.93. The molecule has 1 fully saturated rings. The van der Waals surface area contributed by atoms with Crippen molar-refractivity contribution in [2.45, 2.75) is 65.7 Å². The van der Waals surface area contributed by atoms with E-state index < -0.39 is 0 Å². The minimum absolute atomic E-state index is 0.430. The molecule has 0 unspecified atom stereocenters. The molecule has 102 valence electrons. The first-order valence-corrected chi connectivity index (χ1v) is 7.17. The van der Waals surface area contributed by atoms with Crippen molar-refractivity contribution < 1.29 is 4.52 Å². The third kappa shape index (κ3) is 2.55. The van der Waals surface area contributed by atoms with Crippen molar-refractivity contribution in [2.75, 3.05) is 5.73 Å². The van der Waals surface area contributed by atoms with E-state index in [9.17, 15) is 0 Å². The average molecular weight is 250 g/mol. The molecule has 0 atom stereocenters. The summed E-state index contributed by atoms with van der Waals surface area (Å²) in [6.45, 7) is 9.17. The third-order valence-corrected chi connectivity index (χ3v) is 4.53. The molecule has 0 aromatic carbocycles. The van der Waals surface area contributed by atoms with Crippen molar-refractivity contribution in [2.24, 2.45) is 11.3 Å². The highest BCUT2D eigenvalue weighted by atomic mass is 16.5. The largest absolute Gasteiger partial charge is 0.381 e. The van der Waals surface area contributed by atoms with E-state index >= 15 is 0 Å². The maximum absolute atomic E-state index is 5.85. The van der Waals surface area contributed by atoms with Crippen LogP contribution in [0.3, 0.4) is 0 Å². The molecule has 3 nitrogen and oxygen atoms in total. The molecule has 3 heteroatoms. The van der Waals surface area contributed by atoms with Gasteiger partial charge in [0.1, 0.15) is 5.76 Å². The van der Waals surface area contributed by atoms with Crippen LogP contribution in [-0.2, 0) is 6.42 Å². The lowest BCUT2D eigenvalue weighted by Crippen LogP contribution is -2.25. The van der Waals surface area contributed by atoms with Gasteiger partial charge in [-0.05, 0) is 43.4 Å². The summed E-state index contributed by atoms with van der Waals surface area (Å²) in [6.07, 6.45) is 5.92. The van der Waals surface area contributed by atoms with Gasteiger partial charge in [-0.2, -0.15) is 0 Å². The van der Waals surface area contributed by atoms with Gasteiger partial charge in [-0.3, -0.25) is 0 Å². The Kier molecular flexibility index (Phi) is 3.69. The van der Waals surface area contributed by atoms with E-state index in [1.54, 1.807) is 0 Å². The molecule has 2 rings (SSSR count). The van der Waals surface area contributed by atoms with Gasteiger partial charge in [-0.25, -0.2) is 0 Å². The number of aromatic nitrogens is 1. The van der Waals surface area contributed by atoms with Crippen LogP contribution < -0.4 is 5.73 Å². The van der Waals surface area contributed by atoms with Crippen LogP contribution in [-0.4, -0.2) is 5.16 Å². The molecular formula is C15H26N2O. The van der Waals surface area contributed by atoms with Crippen LogP contribution >= 0.6 is 0 Å². The molecule has 1 heterocycles. The van der Waals surface area contributed by atoms with E-state index in [0.717, 1.165) is 23.7 Å². The Balaban J connectivity index is 2.06. The van der Waals surface area contributed by atoms with Crippen molar-refractivity contribution in [3.63, 3.8) is 0 Å². The van der Waals surface area contributed by atoms with Gasteiger partial charge in [-0.15, -0.1) is 0 Å². The van der Waals surface area contributed by atoms with Gasteiger partial charge >= 0.3 is 0 Å².